The predicted octanol–water partition coefficient (Wildman–Crippen LogP) is 4.54. The fourth-order valence-corrected chi connectivity index (χ4v) is 5.20. The molecular formula is C27H29F3N6O. The first-order valence-electron chi connectivity index (χ1n) is 12.3. The minimum atomic E-state index is -4.61. The van der Waals surface area contributed by atoms with Crippen molar-refractivity contribution in [1.82, 2.24) is 25.4 Å². The second kappa shape index (κ2) is 10.0. The van der Waals surface area contributed by atoms with Gasteiger partial charge < -0.3 is 16.0 Å². The number of halogens is 3. The Morgan fingerprint density at radius 2 is 2.14 bits per heavy atom. The summed E-state index contributed by atoms with van der Waals surface area (Å²) >= 11 is 0. The van der Waals surface area contributed by atoms with Crippen LogP contribution in [0.1, 0.15) is 41.0 Å². The van der Waals surface area contributed by atoms with E-state index in [4.69, 9.17) is 0 Å². The number of anilines is 1. The Morgan fingerprint density at radius 3 is 2.78 bits per heavy atom. The van der Waals surface area contributed by atoms with Crippen molar-refractivity contribution < 1.29 is 18.0 Å². The summed E-state index contributed by atoms with van der Waals surface area (Å²) in [7, 11) is 1.72. The number of allylic oxidation sites excluding steroid dienone is 1. The predicted molar refractivity (Wildman–Crippen MR) is 138 cm³/mol. The molecule has 6 rings (SSSR count). The number of benzene rings is 1. The number of carbonyl (C=O) groups is 1. The Hall–Kier alpha value is -3.66. The number of piperidine rings is 2. The number of pyridine rings is 1. The summed E-state index contributed by atoms with van der Waals surface area (Å²) in [6, 6.07) is 7.82. The summed E-state index contributed by atoms with van der Waals surface area (Å²) in [5, 5.41) is 14.9. The van der Waals surface area contributed by atoms with Crippen molar-refractivity contribution in [2.45, 2.75) is 37.5 Å². The Labute approximate surface area is 212 Å². The molecule has 1 amide bonds. The van der Waals surface area contributed by atoms with E-state index in [0.717, 1.165) is 31.5 Å². The summed E-state index contributed by atoms with van der Waals surface area (Å²) in [6.07, 6.45) is 4.99. The normalized spacial score (nSPS) is 21.5. The molecule has 3 fully saturated rings. The molecule has 2 saturated heterocycles. The lowest BCUT2D eigenvalue weighted by Crippen LogP contribution is -2.53. The number of amides is 1. The summed E-state index contributed by atoms with van der Waals surface area (Å²) < 4.78 is 42.6. The third kappa shape index (κ3) is 5.39. The Balaban J connectivity index is 1.43. The van der Waals surface area contributed by atoms with E-state index in [2.05, 4.69) is 32.6 Å². The maximum Gasteiger partial charge on any atom is 0.417 e. The number of fused-ring (bicyclic) bond motifs is 4. The summed E-state index contributed by atoms with van der Waals surface area (Å²) in [4.78, 5) is 16.5. The van der Waals surface area contributed by atoms with Crippen LogP contribution in [0.3, 0.4) is 0 Å². The van der Waals surface area contributed by atoms with Crippen LogP contribution in [0.4, 0.5) is 18.9 Å². The van der Waals surface area contributed by atoms with Gasteiger partial charge in [-0.2, -0.15) is 18.3 Å². The molecule has 4 heterocycles. The molecule has 1 aliphatic carbocycles. The Morgan fingerprint density at radius 1 is 1.30 bits per heavy atom. The van der Waals surface area contributed by atoms with E-state index < -0.39 is 11.7 Å². The van der Waals surface area contributed by atoms with Gasteiger partial charge in [-0.25, -0.2) is 4.98 Å². The highest BCUT2D eigenvalue weighted by molar-refractivity contribution is 6.01. The smallest absolute Gasteiger partial charge is 0.381 e. The van der Waals surface area contributed by atoms with Crippen LogP contribution in [0, 0.1) is 5.92 Å². The van der Waals surface area contributed by atoms with Crippen LogP contribution in [-0.2, 0) is 7.05 Å². The fraction of sp³-hybridized carbons (Fsp3) is 0.370. The van der Waals surface area contributed by atoms with Crippen molar-refractivity contribution in [3.05, 3.63) is 66.3 Å². The van der Waals surface area contributed by atoms with Crippen molar-refractivity contribution >= 4 is 34.0 Å². The van der Waals surface area contributed by atoms with Gasteiger partial charge in [0.05, 0.1) is 28.7 Å². The molecule has 0 radical (unpaired) electrons. The number of carbonyl (C=O) groups excluding carboxylic acids is 1. The number of alkyl halides is 3. The van der Waals surface area contributed by atoms with Crippen LogP contribution in [0.15, 0.2) is 49.3 Å². The maximum absolute atomic E-state index is 13.7. The molecule has 3 atom stereocenters. The van der Waals surface area contributed by atoms with E-state index in [0.29, 0.717) is 34.0 Å². The molecule has 194 valence electrons. The van der Waals surface area contributed by atoms with Crippen LogP contribution in [-0.4, -0.2) is 52.0 Å². The van der Waals surface area contributed by atoms with Crippen LogP contribution >= 0.6 is 0 Å². The number of rotatable bonds is 7. The topological polar surface area (TPSA) is 83.9 Å². The third-order valence-electron chi connectivity index (χ3n) is 7.16. The minimum absolute atomic E-state index is 0.182. The highest BCUT2D eigenvalue weighted by Gasteiger charge is 2.37. The lowest BCUT2D eigenvalue weighted by atomic mass is 9.77. The quantitative estimate of drug-likeness (QED) is 0.435. The zero-order chi connectivity index (χ0) is 26.2. The van der Waals surface area contributed by atoms with E-state index >= 15 is 0 Å². The van der Waals surface area contributed by atoms with E-state index in [1.807, 2.05) is 6.07 Å². The molecule has 7 nitrogen and oxygen atoms in total. The molecule has 0 spiro atoms. The van der Waals surface area contributed by atoms with Crippen molar-refractivity contribution in [2.75, 3.05) is 18.4 Å². The third-order valence-corrected chi connectivity index (χ3v) is 7.16. The number of hydrogen-bond donors (Lipinski definition) is 3. The average Bonchev–Trinajstić information content (AvgIpc) is 3.32. The monoisotopic (exact) mass is 510 g/mol. The zero-order valence-electron chi connectivity index (χ0n) is 20.5. The number of nitrogens with zero attached hydrogens (tertiary/aromatic N) is 3. The minimum Gasteiger partial charge on any atom is -0.381 e. The molecule has 3 N–H and O–H groups in total. The zero-order valence-corrected chi connectivity index (χ0v) is 20.5. The van der Waals surface area contributed by atoms with Crippen LogP contribution in [0.5, 0.6) is 0 Å². The lowest BCUT2D eigenvalue weighted by molar-refractivity contribution is -0.0688. The molecule has 2 aromatic heterocycles. The highest BCUT2D eigenvalue weighted by atomic mass is 19.4. The van der Waals surface area contributed by atoms with Gasteiger partial charge in [-0.1, -0.05) is 24.8 Å². The number of aryl methyl sites for hydroxylation is 1. The lowest BCUT2D eigenvalue weighted by Gasteiger charge is -2.44. The van der Waals surface area contributed by atoms with Crippen molar-refractivity contribution in [2.24, 2.45) is 13.0 Å². The van der Waals surface area contributed by atoms with E-state index in [9.17, 15) is 18.0 Å². The van der Waals surface area contributed by atoms with Crippen molar-refractivity contribution in [1.29, 1.82) is 0 Å². The molecule has 37 heavy (non-hydrogen) atoms. The van der Waals surface area contributed by atoms with Crippen LogP contribution in [0.25, 0.3) is 22.4 Å². The Bertz CT molecular complexity index is 1350. The standard InChI is InChI=1S/C27H29F3N6O/c1-16(27(28,29)30)25-21-6-3-7-23(35-24-12-19-9-8-17(24)13-32-19)22(21)11-20(34-25)5-4-10-31-26(37)18-14-33-36(2)15-18/h3-7,11,14-15,17,19,24,32,35H,1,8-10,12-13H2,2H3,(H,31,37)/b5-4+. The van der Waals surface area contributed by atoms with Gasteiger partial charge in [-0.15, -0.1) is 0 Å². The average molecular weight is 511 g/mol. The second-order valence-corrected chi connectivity index (χ2v) is 9.72. The van der Waals surface area contributed by atoms with E-state index in [-0.39, 0.29) is 24.2 Å². The molecular weight excluding hydrogens is 481 g/mol. The first-order valence-corrected chi connectivity index (χ1v) is 12.3. The largest absolute Gasteiger partial charge is 0.417 e. The first-order chi connectivity index (χ1) is 17.7. The molecule has 3 aromatic rings. The van der Waals surface area contributed by atoms with Gasteiger partial charge in [0.25, 0.3) is 5.91 Å². The first kappa shape index (κ1) is 25.0. The number of hydrogen-bond acceptors (Lipinski definition) is 5. The van der Waals surface area contributed by atoms with Crippen molar-refractivity contribution in [3.63, 3.8) is 0 Å². The van der Waals surface area contributed by atoms with E-state index in [1.165, 1.54) is 10.9 Å². The molecule has 2 aliphatic heterocycles. The molecule has 1 aromatic carbocycles. The van der Waals surface area contributed by atoms with Gasteiger partial charge >= 0.3 is 6.18 Å². The van der Waals surface area contributed by atoms with Crippen LogP contribution in [0.2, 0.25) is 0 Å². The van der Waals surface area contributed by atoms with Gasteiger partial charge in [0, 0.05) is 54.9 Å². The summed E-state index contributed by atoms with van der Waals surface area (Å²) in [5.74, 6) is 0.188. The summed E-state index contributed by atoms with van der Waals surface area (Å²) in [5.41, 5.74) is 0.374. The van der Waals surface area contributed by atoms with Gasteiger partial charge in [0.2, 0.25) is 0 Å². The molecule has 3 aliphatic rings. The maximum atomic E-state index is 13.7. The number of aromatic nitrogens is 3. The number of nitrogens with one attached hydrogen (secondary N) is 3. The SMILES string of the molecule is C=C(c1nc(/C=C/CNC(=O)c2cnn(C)c2)cc2c(NC3CC4CCC3CN4)cccc12)C(F)(F)F. The van der Waals surface area contributed by atoms with Crippen molar-refractivity contribution in [3.8, 4) is 0 Å². The van der Waals surface area contributed by atoms with E-state index in [1.54, 1.807) is 43.6 Å². The molecule has 3 unspecified atom stereocenters. The second-order valence-electron chi connectivity index (χ2n) is 9.72. The molecule has 2 bridgehead atoms. The van der Waals surface area contributed by atoms with Gasteiger partial charge in [-0.3, -0.25) is 9.48 Å². The fourth-order valence-electron chi connectivity index (χ4n) is 5.20. The molecule has 1 saturated carbocycles. The van der Waals surface area contributed by atoms with Gasteiger partial charge in [0.15, 0.2) is 0 Å². The summed E-state index contributed by atoms with van der Waals surface area (Å²) in [6.45, 7) is 4.44. The highest BCUT2D eigenvalue weighted by Crippen LogP contribution is 2.38. The van der Waals surface area contributed by atoms with Gasteiger partial charge in [0.1, 0.15) is 0 Å². The Kier molecular flexibility index (Phi) is 6.76. The van der Waals surface area contributed by atoms with Gasteiger partial charge in [-0.05, 0) is 43.4 Å². The van der Waals surface area contributed by atoms with Crippen LogP contribution < -0.4 is 16.0 Å². The molecule has 10 heteroatoms.